The van der Waals surface area contributed by atoms with E-state index in [1.807, 2.05) is 27.7 Å². The van der Waals surface area contributed by atoms with E-state index >= 15 is 0 Å². The van der Waals surface area contributed by atoms with Crippen LogP contribution in [0.2, 0.25) is 0 Å². The van der Waals surface area contributed by atoms with Crippen LogP contribution in [0.3, 0.4) is 0 Å². The summed E-state index contributed by atoms with van der Waals surface area (Å²) in [6.45, 7) is 10.2. The average Bonchev–Trinajstić information content (AvgIpc) is 2.35. The van der Waals surface area contributed by atoms with Crippen LogP contribution >= 0.6 is 0 Å². The predicted molar refractivity (Wildman–Crippen MR) is 83.1 cm³/mol. The quantitative estimate of drug-likeness (QED) is 0.834. The molecule has 6 nitrogen and oxygen atoms in total. The molecule has 2 rings (SSSR count). The van der Waals surface area contributed by atoms with Crippen LogP contribution in [0, 0.1) is 5.92 Å². The molecule has 1 unspecified atom stereocenters. The van der Waals surface area contributed by atoms with Crippen molar-refractivity contribution in [1.29, 1.82) is 0 Å². The zero-order valence-corrected chi connectivity index (χ0v) is 14.4. The summed E-state index contributed by atoms with van der Waals surface area (Å²) in [6, 6.07) is 0. The van der Waals surface area contributed by atoms with E-state index in [-0.39, 0.29) is 5.92 Å². The number of rotatable bonds is 3. The largest absolute Gasteiger partial charge is 0.367 e. The van der Waals surface area contributed by atoms with Gasteiger partial charge in [-0.25, -0.2) is 0 Å². The van der Waals surface area contributed by atoms with Gasteiger partial charge in [0.2, 0.25) is 0 Å². The van der Waals surface area contributed by atoms with Crippen LogP contribution in [-0.2, 0) is 14.9 Å². The third-order valence-electron chi connectivity index (χ3n) is 4.13. The summed E-state index contributed by atoms with van der Waals surface area (Å²) in [7, 11) is -3.44. The molecule has 7 heteroatoms. The molecule has 124 valence electrons. The van der Waals surface area contributed by atoms with Crippen LogP contribution < -0.4 is 5.73 Å². The molecule has 2 aliphatic heterocycles. The maximum atomic E-state index is 12.9. The maximum absolute atomic E-state index is 12.9. The zero-order chi connectivity index (χ0) is 15.9. The standard InChI is InChI=1S/C14H29N3O3S/c1-13(2)10-17(11-14(3,4)20-13)21(18,19)16-7-5-6-12(8-15)9-16/h12H,5-11,15H2,1-4H3. The summed E-state index contributed by atoms with van der Waals surface area (Å²) in [5.74, 6) is 0.274. The van der Waals surface area contributed by atoms with E-state index < -0.39 is 21.4 Å². The highest BCUT2D eigenvalue weighted by Gasteiger charge is 2.45. The van der Waals surface area contributed by atoms with Gasteiger partial charge in [0.05, 0.1) is 11.2 Å². The highest BCUT2D eigenvalue weighted by Crippen LogP contribution is 2.31. The highest BCUT2D eigenvalue weighted by molar-refractivity contribution is 7.86. The molecule has 2 aliphatic rings. The van der Waals surface area contributed by atoms with Crippen molar-refractivity contribution in [3.63, 3.8) is 0 Å². The lowest BCUT2D eigenvalue weighted by molar-refractivity contribution is -0.164. The Morgan fingerprint density at radius 1 is 1.14 bits per heavy atom. The summed E-state index contributed by atoms with van der Waals surface area (Å²) >= 11 is 0. The van der Waals surface area contributed by atoms with E-state index in [4.69, 9.17) is 10.5 Å². The number of nitrogens with zero attached hydrogens (tertiary/aromatic N) is 2. The minimum absolute atomic E-state index is 0.274. The van der Waals surface area contributed by atoms with Crippen LogP contribution in [0.15, 0.2) is 0 Å². The van der Waals surface area contributed by atoms with Gasteiger partial charge in [0.15, 0.2) is 0 Å². The first-order chi connectivity index (χ1) is 9.56. The zero-order valence-electron chi connectivity index (χ0n) is 13.6. The molecule has 2 N–H and O–H groups in total. The lowest BCUT2D eigenvalue weighted by Crippen LogP contribution is -2.61. The Morgan fingerprint density at radius 3 is 2.24 bits per heavy atom. The molecular formula is C14H29N3O3S. The van der Waals surface area contributed by atoms with Gasteiger partial charge < -0.3 is 10.5 Å². The first kappa shape index (κ1) is 17.1. The lowest BCUT2D eigenvalue weighted by atomic mass is 10.0. The molecule has 2 heterocycles. The fraction of sp³-hybridized carbons (Fsp3) is 1.00. The minimum Gasteiger partial charge on any atom is -0.367 e. The normalized spacial score (nSPS) is 31.2. The van der Waals surface area contributed by atoms with Gasteiger partial charge in [-0.3, -0.25) is 0 Å². The lowest BCUT2D eigenvalue weighted by Gasteiger charge is -2.47. The molecule has 21 heavy (non-hydrogen) atoms. The Kier molecular flexibility index (Phi) is 4.71. The van der Waals surface area contributed by atoms with Gasteiger partial charge in [0, 0.05) is 26.2 Å². The van der Waals surface area contributed by atoms with Crippen LogP contribution in [0.4, 0.5) is 0 Å². The molecule has 0 amide bonds. The second-order valence-corrected chi connectivity index (χ2v) is 9.43. The Bertz CT molecular complexity index is 460. The number of piperidine rings is 1. The summed E-state index contributed by atoms with van der Waals surface area (Å²) in [6.07, 6.45) is 1.90. The van der Waals surface area contributed by atoms with Gasteiger partial charge in [-0.1, -0.05) is 0 Å². The Hall–Kier alpha value is -0.210. The van der Waals surface area contributed by atoms with Crippen LogP contribution in [0.5, 0.6) is 0 Å². The van der Waals surface area contributed by atoms with Crippen molar-refractivity contribution in [3.05, 3.63) is 0 Å². The molecular weight excluding hydrogens is 290 g/mol. The number of nitrogens with two attached hydrogens (primary N) is 1. The fourth-order valence-corrected chi connectivity index (χ4v) is 5.51. The molecule has 0 bridgehead atoms. The number of hydrogen-bond acceptors (Lipinski definition) is 4. The van der Waals surface area contributed by atoms with E-state index in [2.05, 4.69) is 0 Å². The van der Waals surface area contributed by atoms with Crippen LogP contribution in [-0.4, -0.2) is 61.0 Å². The third-order valence-corrected chi connectivity index (χ3v) is 6.03. The number of hydrogen-bond donors (Lipinski definition) is 1. The first-order valence-corrected chi connectivity index (χ1v) is 9.11. The van der Waals surface area contributed by atoms with Gasteiger partial charge in [0.25, 0.3) is 10.2 Å². The number of morpholine rings is 1. The highest BCUT2D eigenvalue weighted by atomic mass is 32.2. The van der Waals surface area contributed by atoms with E-state index in [0.29, 0.717) is 32.7 Å². The van der Waals surface area contributed by atoms with Crippen LogP contribution in [0.25, 0.3) is 0 Å². The minimum atomic E-state index is -3.44. The molecule has 0 aromatic carbocycles. The molecule has 0 radical (unpaired) electrons. The first-order valence-electron chi connectivity index (χ1n) is 7.71. The van der Waals surface area contributed by atoms with Gasteiger partial charge in [-0.15, -0.1) is 0 Å². The SMILES string of the molecule is CC1(C)CN(S(=O)(=O)N2CCCC(CN)C2)CC(C)(C)O1. The molecule has 0 spiro atoms. The van der Waals surface area contributed by atoms with Gasteiger partial charge in [-0.2, -0.15) is 17.0 Å². The molecule has 1 atom stereocenters. The topological polar surface area (TPSA) is 75.9 Å². The second kappa shape index (κ2) is 5.77. The summed E-state index contributed by atoms with van der Waals surface area (Å²) < 4.78 is 35.0. The van der Waals surface area contributed by atoms with Crippen molar-refractivity contribution in [2.75, 3.05) is 32.7 Å². The monoisotopic (exact) mass is 319 g/mol. The Balaban J connectivity index is 2.18. The van der Waals surface area contributed by atoms with Gasteiger partial charge in [0.1, 0.15) is 0 Å². The van der Waals surface area contributed by atoms with Gasteiger partial charge in [-0.05, 0) is 53.0 Å². The van der Waals surface area contributed by atoms with Crippen molar-refractivity contribution in [3.8, 4) is 0 Å². The third kappa shape index (κ3) is 3.96. The maximum Gasteiger partial charge on any atom is 0.282 e. The van der Waals surface area contributed by atoms with E-state index in [0.717, 1.165) is 12.8 Å². The van der Waals surface area contributed by atoms with Crippen molar-refractivity contribution >= 4 is 10.2 Å². The smallest absolute Gasteiger partial charge is 0.282 e. The van der Waals surface area contributed by atoms with E-state index in [1.54, 1.807) is 8.61 Å². The second-order valence-electron chi connectivity index (χ2n) is 7.50. The predicted octanol–water partition coefficient (Wildman–Crippen LogP) is 0.791. The molecule has 0 aliphatic carbocycles. The molecule has 0 saturated carbocycles. The summed E-state index contributed by atoms with van der Waals surface area (Å²) in [4.78, 5) is 0. The number of ether oxygens (including phenoxy) is 1. The molecule has 0 aromatic rings. The van der Waals surface area contributed by atoms with E-state index in [1.165, 1.54) is 0 Å². The molecule has 0 aromatic heterocycles. The fourth-order valence-electron chi connectivity index (χ4n) is 3.47. The molecule has 2 saturated heterocycles. The summed E-state index contributed by atoms with van der Waals surface area (Å²) in [5, 5.41) is 0. The molecule has 2 fully saturated rings. The Morgan fingerprint density at radius 2 is 1.71 bits per heavy atom. The Labute approximate surface area is 128 Å². The van der Waals surface area contributed by atoms with Crippen molar-refractivity contribution in [1.82, 2.24) is 8.61 Å². The van der Waals surface area contributed by atoms with E-state index in [9.17, 15) is 8.42 Å². The van der Waals surface area contributed by atoms with Crippen LogP contribution in [0.1, 0.15) is 40.5 Å². The average molecular weight is 319 g/mol. The van der Waals surface area contributed by atoms with Gasteiger partial charge >= 0.3 is 0 Å². The van der Waals surface area contributed by atoms with Crippen molar-refractivity contribution in [2.24, 2.45) is 11.7 Å². The van der Waals surface area contributed by atoms with Crippen molar-refractivity contribution < 1.29 is 13.2 Å². The van der Waals surface area contributed by atoms with Crippen molar-refractivity contribution in [2.45, 2.75) is 51.7 Å². The summed E-state index contributed by atoms with van der Waals surface area (Å²) in [5.41, 5.74) is 4.77.